The van der Waals surface area contributed by atoms with Gasteiger partial charge in [-0.05, 0) is 19.8 Å². The molecule has 0 aromatic carbocycles. The standard InChI is InChI=1S/C13H18N2O3/c1-10(2)7-8-14-11(16)4-3-9-15-12(17)5-6-13(15)18/h5-6H,1,3-4,7-9H2,2H3,(H,14,16). The Hall–Kier alpha value is -1.91. The summed E-state index contributed by atoms with van der Waals surface area (Å²) in [7, 11) is 0. The van der Waals surface area contributed by atoms with E-state index in [0.29, 0.717) is 25.9 Å². The van der Waals surface area contributed by atoms with Crippen LogP contribution in [0.3, 0.4) is 0 Å². The minimum atomic E-state index is -0.303. The first-order valence-electron chi connectivity index (χ1n) is 5.95. The number of hydrogen-bond acceptors (Lipinski definition) is 3. The molecule has 5 nitrogen and oxygen atoms in total. The first-order valence-corrected chi connectivity index (χ1v) is 5.95. The third-order valence-electron chi connectivity index (χ3n) is 2.56. The molecule has 1 N–H and O–H groups in total. The number of nitrogens with one attached hydrogen (secondary N) is 1. The molecular weight excluding hydrogens is 232 g/mol. The van der Waals surface area contributed by atoms with Gasteiger partial charge in [0.15, 0.2) is 0 Å². The van der Waals surface area contributed by atoms with Crippen LogP contribution >= 0.6 is 0 Å². The van der Waals surface area contributed by atoms with Gasteiger partial charge in [0.1, 0.15) is 0 Å². The summed E-state index contributed by atoms with van der Waals surface area (Å²) in [5, 5.41) is 2.76. The SMILES string of the molecule is C=C(C)CCNC(=O)CCCN1C(=O)C=CC1=O. The minimum Gasteiger partial charge on any atom is -0.356 e. The third kappa shape index (κ3) is 4.53. The highest BCUT2D eigenvalue weighted by Crippen LogP contribution is 2.05. The number of imide groups is 1. The third-order valence-corrected chi connectivity index (χ3v) is 2.56. The highest BCUT2D eigenvalue weighted by Gasteiger charge is 2.22. The zero-order chi connectivity index (χ0) is 13.5. The van der Waals surface area contributed by atoms with Gasteiger partial charge < -0.3 is 5.32 Å². The molecule has 0 saturated heterocycles. The summed E-state index contributed by atoms with van der Waals surface area (Å²) in [5.74, 6) is -0.673. The number of carbonyl (C=O) groups excluding carboxylic acids is 3. The molecule has 0 bridgehead atoms. The minimum absolute atomic E-state index is 0.0664. The molecule has 1 rings (SSSR count). The van der Waals surface area contributed by atoms with E-state index in [9.17, 15) is 14.4 Å². The van der Waals surface area contributed by atoms with Crippen LogP contribution in [0.2, 0.25) is 0 Å². The molecule has 0 aromatic rings. The van der Waals surface area contributed by atoms with E-state index in [4.69, 9.17) is 0 Å². The van der Waals surface area contributed by atoms with Crippen molar-refractivity contribution in [3.8, 4) is 0 Å². The van der Waals surface area contributed by atoms with Crippen LogP contribution in [0.5, 0.6) is 0 Å². The molecule has 0 spiro atoms. The molecule has 0 fully saturated rings. The monoisotopic (exact) mass is 250 g/mol. The van der Waals surface area contributed by atoms with Crippen LogP contribution in [0.1, 0.15) is 26.2 Å². The Morgan fingerprint density at radius 1 is 1.28 bits per heavy atom. The van der Waals surface area contributed by atoms with Gasteiger partial charge in [0.25, 0.3) is 11.8 Å². The van der Waals surface area contributed by atoms with Crippen molar-refractivity contribution in [2.24, 2.45) is 0 Å². The van der Waals surface area contributed by atoms with E-state index in [2.05, 4.69) is 11.9 Å². The first kappa shape index (κ1) is 14.2. The van der Waals surface area contributed by atoms with Crippen LogP contribution in [0.4, 0.5) is 0 Å². The second-order valence-corrected chi connectivity index (χ2v) is 4.32. The van der Waals surface area contributed by atoms with Crippen molar-refractivity contribution >= 4 is 17.7 Å². The van der Waals surface area contributed by atoms with Crippen molar-refractivity contribution in [1.82, 2.24) is 10.2 Å². The lowest BCUT2D eigenvalue weighted by atomic mass is 10.2. The van der Waals surface area contributed by atoms with Crippen LogP contribution < -0.4 is 5.32 Å². The molecule has 0 aliphatic carbocycles. The van der Waals surface area contributed by atoms with Crippen molar-refractivity contribution in [1.29, 1.82) is 0 Å². The van der Waals surface area contributed by atoms with Crippen LogP contribution in [0, 0.1) is 0 Å². The molecule has 5 heteroatoms. The van der Waals surface area contributed by atoms with Crippen LogP contribution in [0.25, 0.3) is 0 Å². The van der Waals surface area contributed by atoms with E-state index in [1.807, 2.05) is 6.92 Å². The van der Waals surface area contributed by atoms with Crippen LogP contribution in [-0.4, -0.2) is 35.7 Å². The quantitative estimate of drug-likeness (QED) is 0.536. The van der Waals surface area contributed by atoms with Gasteiger partial charge in [-0.2, -0.15) is 0 Å². The molecule has 1 heterocycles. The van der Waals surface area contributed by atoms with Crippen LogP contribution in [-0.2, 0) is 14.4 Å². The van der Waals surface area contributed by atoms with Gasteiger partial charge in [-0.25, -0.2) is 0 Å². The molecule has 1 aliphatic heterocycles. The molecule has 98 valence electrons. The average Bonchev–Trinajstić information content (AvgIpc) is 2.60. The summed E-state index contributed by atoms with van der Waals surface area (Å²) in [5.41, 5.74) is 1.02. The summed E-state index contributed by atoms with van der Waals surface area (Å²) in [4.78, 5) is 35.0. The van der Waals surface area contributed by atoms with E-state index >= 15 is 0 Å². The van der Waals surface area contributed by atoms with Gasteiger partial charge in [0.2, 0.25) is 5.91 Å². The highest BCUT2D eigenvalue weighted by atomic mass is 16.2. The molecule has 1 aliphatic rings. The maximum absolute atomic E-state index is 11.4. The molecule has 18 heavy (non-hydrogen) atoms. The Labute approximate surface area is 107 Å². The predicted molar refractivity (Wildman–Crippen MR) is 67.5 cm³/mol. The fourth-order valence-electron chi connectivity index (χ4n) is 1.55. The summed E-state index contributed by atoms with van der Waals surface area (Å²) in [6, 6.07) is 0. The van der Waals surface area contributed by atoms with Gasteiger partial charge in [0.05, 0.1) is 0 Å². The number of hydrogen-bond donors (Lipinski definition) is 1. The lowest BCUT2D eigenvalue weighted by molar-refractivity contribution is -0.137. The van der Waals surface area contributed by atoms with E-state index in [-0.39, 0.29) is 17.7 Å². The Morgan fingerprint density at radius 3 is 2.44 bits per heavy atom. The predicted octanol–water partition coefficient (Wildman–Crippen LogP) is 0.774. The molecule has 0 saturated carbocycles. The Balaban J connectivity index is 2.14. The van der Waals surface area contributed by atoms with E-state index in [0.717, 1.165) is 16.9 Å². The van der Waals surface area contributed by atoms with Crippen LogP contribution in [0.15, 0.2) is 24.3 Å². The van der Waals surface area contributed by atoms with Crippen molar-refractivity contribution in [2.75, 3.05) is 13.1 Å². The zero-order valence-electron chi connectivity index (χ0n) is 10.6. The summed E-state index contributed by atoms with van der Waals surface area (Å²) in [6.07, 6.45) is 4.05. The highest BCUT2D eigenvalue weighted by molar-refractivity contribution is 6.12. The molecule has 0 unspecified atom stereocenters. The normalized spacial score (nSPS) is 14.2. The Morgan fingerprint density at radius 2 is 1.89 bits per heavy atom. The van der Waals surface area contributed by atoms with Crippen molar-refractivity contribution in [3.05, 3.63) is 24.3 Å². The molecule has 0 aromatic heterocycles. The maximum atomic E-state index is 11.4. The summed E-state index contributed by atoms with van der Waals surface area (Å²) < 4.78 is 0. The van der Waals surface area contributed by atoms with Gasteiger partial charge in [-0.3, -0.25) is 19.3 Å². The molecule has 3 amide bonds. The van der Waals surface area contributed by atoms with Gasteiger partial charge >= 0.3 is 0 Å². The van der Waals surface area contributed by atoms with E-state index in [1.54, 1.807) is 0 Å². The largest absolute Gasteiger partial charge is 0.356 e. The van der Waals surface area contributed by atoms with E-state index in [1.165, 1.54) is 12.2 Å². The average molecular weight is 250 g/mol. The number of amides is 3. The van der Waals surface area contributed by atoms with Gasteiger partial charge in [-0.1, -0.05) is 5.57 Å². The Kier molecular flexibility index (Phi) is 5.30. The van der Waals surface area contributed by atoms with Gasteiger partial charge in [-0.15, -0.1) is 6.58 Å². The second kappa shape index (κ2) is 6.74. The van der Waals surface area contributed by atoms with Gasteiger partial charge in [0, 0.05) is 31.7 Å². The summed E-state index contributed by atoms with van der Waals surface area (Å²) >= 11 is 0. The molecule has 0 atom stereocenters. The van der Waals surface area contributed by atoms with Crippen molar-refractivity contribution < 1.29 is 14.4 Å². The lowest BCUT2D eigenvalue weighted by Gasteiger charge is -2.13. The first-order chi connectivity index (χ1) is 8.50. The number of rotatable bonds is 7. The smallest absolute Gasteiger partial charge is 0.253 e. The second-order valence-electron chi connectivity index (χ2n) is 4.32. The zero-order valence-corrected chi connectivity index (χ0v) is 10.6. The lowest BCUT2D eigenvalue weighted by Crippen LogP contribution is -2.32. The fourth-order valence-corrected chi connectivity index (χ4v) is 1.55. The molecule has 0 radical (unpaired) electrons. The number of carbonyl (C=O) groups is 3. The maximum Gasteiger partial charge on any atom is 0.253 e. The van der Waals surface area contributed by atoms with E-state index < -0.39 is 0 Å². The summed E-state index contributed by atoms with van der Waals surface area (Å²) in [6.45, 7) is 6.52. The Bertz CT molecular complexity index is 381. The fraction of sp³-hybridized carbons (Fsp3) is 0.462. The number of nitrogens with zero attached hydrogens (tertiary/aromatic N) is 1. The van der Waals surface area contributed by atoms with Crippen molar-refractivity contribution in [3.63, 3.8) is 0 Å². The van der Waals surface area contributed by atoms with Crippen molar-refractivity contribution in [2.45, 2.75) is 26.2 Å². The molecular formula is C13H18N2O3. The topological polar surface area (TPSA) is 66.5 Å².